The van der Waals surface area contributed by atoms with Gasteiger partial charge in [0.1, 0.15) is 5.60 Å². The van der Waals surface area contributed by atoms with Crippen LogP contribution in [0.3, 0.4) is 0 Å². The minimum Gasteiger partial charge on any atom is -0.444 e. The fourth-order valence-corrected chi connectivity index (χ4v) is 2.53. The predicted molar refractivity (Wildman–Crippen MR) is 88.4 cm³/mol. The number of ether oxygens (including phenoxy) is 1. The Hall–Kier alpha value is -1.84. The fraction of sp³-hybridized carbons (Fsp3) is 0.556. The Morgan fingerprint density at radius 1 is 1.36 bits per heavy atom. The van der Waals surface area contributed by atoms with E-state index < -0.39 is 5.60 Å². The number of likely N-dealkylation sites (tertiary alicyclic amines) is 1. The molecule has 1 aromatic rings. The summed E-state index contributed by atoms with van der Waals surface area (Å²) >= 11 is 0. The third-order valence-corrected chi connectivity index (χ3v) is 3.71. The second-order valence-electron chi connectivity index (χ2n) is 6.80. The quantitative estimate of drug-likeness (QED) is 0.843. The standard InChI is InChI=1S/C18H26N2O2/c1-18(2,3)22-17(21)20-13-10-15(11-14-20)7-6-9-16-8-4-5-12-19-16/h4-6,8-9,12,15H,7,10-11,13-14H2,1-3H3. The van der Waals surface area contributed by atoms with E-state index in [4.69, 9.17) is 4.74 Å². The molecule has 120 valence electrons. The Bertz CT molecular complexity index is 498. The first-order chi connectivity index (χ1) is 10.4. The summed E-state index contributed by atoms with van der Waals surface area (Å²) in [7, 11) is 0. The van der Waals surface area contributed by atoms with Crippen LogP contribution in [0.4, 0.5) is 4.79 Å². The summed E-state index contributed by atoms with van der Waals surface area (Å²) in [5.74, 6) is 0.638. The van der Waals surface area contributed by atoms with Gasteiger partial charge < -0.3 is 9.64 Å². The number of carbonyl (C=O) groups excluding carboxylic acids is 1. The highest BCUT2D eigenvalue weighted by atomic mass is 16.6. The van der Waals surface area contributed by atoms with E-state index in [2.05, 4.69) is 17.1 Å². The van der Waals surface area contributed by atoms with Crippen molar-refractivity contribution >= 4 is 12.2 Å². The first-order valence-corrected chi connectivity index (χ1v) is 7.99. The molecule has 0 atom stereocenters. The molecule has 1 saturated heterocycles. The lowest BCUT2D eigenvalue weighted by molar-refractivity contribution is 0.0185. The summed E-state index contributed by atoms with van der Waals surface area (Å²) in [4.78, 5) is 18.1. The summed E-state index contributed by atoms with van der Waals surface area (Å²) in [5, 5.41) is 0. The zero-order chi connectivity index (χ0) is 16.0. The number of amides is 1. The molecule has 1 fully saturated rings. The van der Waals surface area contributed by atoms with E-state index in [0.29, 0.717) is 5.92 Å². The van der Waals surface area contributed by atoms with Crippen molar-refractivity contribution in [3.8, 4) is 0 Å². The maximum atomic E-state index is 12.0. The molecule has 0 N–H and O–H groups in total. The van der Waals surface area contributed by atoms with Crippen molar-refractivity contribution < 1.29 is 9.53 Å². The lowest BCUT2D eigenvalue weighted by atomic mass is 9.93. The average molecular weight is 302 g/mol. The van der Waals surface area contributed by atoms with E-state index in [1.165, 1.54) is 0 Å². The van der Waals surface area contributed by atoms with Crippen LogP contribution in [0.25, 0.3) is 6.08 Å². The van der Waals surface area contributed by atoms with Gasteiger partial charge in [0, 0.05) is 19.3 Å². The molecule has 4 heteroatoms. The van der Waals surface area contributed by atoms with Gasteiger partial charge in [-0.05, 0) is 64.2 Å². The first-order valence-electron chi connectivity index (χ1n) is 7.99. The summed E-state index contributed by atoms with van der Waals surface area (Å²) in [6, 6.07) is 5.91. The third-order valence-electron chi connectivity index (χ3n) is 3.71. The predicted octanol–water partition coefficient (Wildman–Crippen LogP) is 4.13. The van der Waals surface area contributed by atoms with Crippen LogP contribution >= 0.6 is 0 Å². The number of carbonyl (C=O) groups is 1. The monoisotopic (exact) mass is 302 g/mol. The van der Waals surface area contributed by atoms with E-state index in [-0.39, 0.29) is 6.09 Å². The van der Waals surface area contributed by atoms with Crippen LogP contribution in [-0.4, -0.2) is 34.7 Å². The van der Waals surface area contributed by atoms with Crippen LogP contribution < -0.4 is 0 Å². The van der Waals surface area contributed by atoms with Crippen molar-refractivity contribution in [3.63, 3.8) is 0 Å². The van der Waals surface area contributed by atoms with Gasteiger partial charge in [-0.15, -0.1) is 0 Å². The number of piperidine rings is 1. The molecular formula is C18H26N2O2. The van der Waals surface area contributed by atoms with Gasteiger partial charge >= 0.3 is 6.09 Å². The Morgan fingerprint density at radius 3 is 2.68 bits per heavy atom. The lowest BCUT2D eigenvalue weighted by Crippen LogP contribution is -2.41. The number of hydrogen-bond acceptors (Lipinski definition) is 3. The van der Waals surface area contributed by atoms with E-state index in [0.717, 1.165) is 38.0 Å². The molecule has 1 aliphatic rings. The van der Waals surface area contributed by atoms with Crippen molar-refractivity contribution in [3.05, 3.63) is 36.2 Å². The van der Waals surface area contributed by atoms with Gasteiger partial charge in [0.15, 0.2) is 0 Å². The zero-order valence-electron chi connectivity index (χ0n) is 13.8. The van der Waals surface area contributed by atoms with Crippen LogP contribution in [0.15, 0.2) is 30.5 Å². The number of hydrogen-bond donors (Lipinski definition) is 0. The average Bonchev–Trinajstić information content (AvgIpc) is 2.47. The number of aromatic nitrogens is 1. The molecule has 2 rings (SSSR count). The first kappa shape index (κ1) is 16.5. The molecule has 0 saturated carbocycles. The number of pyridine rings is 1. The van der Waals surface area contributed by atoms with E-state index in [1.54, 1.807) is 6.20 Å². The smallest absolute Gasteiger partial charge is 0.410 e. The van der Waals surface area contributed by atoms with Crippen LogP contribution in [-0.2, 0) is 4.74 Å². The van der Waals surface area contributed by atoms with Gasteiger partial charge in [0.25, 0.3) is 0 Å². The number of allylic oxidation sites excluding steroid dienone is 1. The molecular weight excluding hydrogens is 276 g/mol. The van der Waals surface area contributed by atoms with Crippen molar-refractivity contribution in [1.82, 2.24) is 9.88 Å². The summed E-state index contributed by atoms with van der Waals surface area (Å²) in [6.45, 7) is 7.29. The SMILES string of the molecule is CC(C)(C)OC(=O)N1CCC(CC=Cc2ccccn2)CC1. The van der Waals surface area contributed by atoms with Gasteiger partial charge in [-0.25, -0.2) is 4.79 Å². The molecule has 1 aromatic heterocycles. The summed E-state index contributed by atoms with van der Waals surface area (Å²) in [5.41, 5.74) is 0.577. The summed E-state index contributed by atoms with van der Waals surface area (Å²) < 4.78 is 5.42. The Balaban J connectivity index is 1.73. The largest absolute Gasteiger partial charge is 0.444 e. The fourth-order valence-electron chi connectivity index (χ4n) is 2.53. The molecule has 0 radical (unpaired) electrons. The van der Waals surface area contributed by atoms with Gasteiger partial charge in [0.05, 0.1) is 5.69 Å². The highest BCUT2D eigenvalue weighted by Gasteiger charge is 2.26. The van der Waals surface area contributed by atoms with Crippen LogP contribution in [0.5, 0.6) is 0 Å². The van der Waals surface area contributed by atoms with Crippen molar-refractivity contribution in [1.29, 1.82) is 0 Å². The lowest BCUT2D eigenvalue weighted by Gasteiger charge is -2.33. The Morgan fingerprint density at radius 2 is 2.09 bits per heavy atom. The molecule has 0 bridgehead atoms. The Kier molecular flexibility index (Phi) is 5.58. The molecule has 22 heavy (non-hydrogen) atoms. The molecule has 1 aliphatic heterocycles. The van der Waals surface area contributed by atoms with Crippen LogP contribution in [0.2, 0.25) is 0 Å². The molecule has 1 amide bonds. The van der Waals surface area contributed by atoms with Gasteiger partial charge in [-0.2, -0.15) is 0 Å². The molecule has 0 unspecified atom stereocenters. The highest BCUT2D eigenvalue weighted by molar-refractivity contribution is 5.68. The van der Waals surface area contributed by atoms with Crippen molar-refractivity contribution in [2.24, 2.45) is 5.92 Å². The number of nitrogens with zero attached hydrogens (tertiary/aromatic N) is 2. The van der Waals surface area contributed by atoms with Gasteiger partial charge in [0.2, 0.25) is 0 Å². The zero-order valence-corrected chi connectivity index (χ0v) is 13.8. The van der Waals surface area contributed by atoms with Gasteiger partial charge in [-0.3, -0.25) is 4.98 Å². The minimum atomic E-state index is -0.417. The summed E-state index contributed by atoms with van der Waals surface area (Å²) in [6.07, 6.45) is 8.99. The number of rotatable bonds is 3. The van der Waals surface area contributed by atoms with E-state index in [1.807, 2.05) is 43.9 Å². The minimum absolute atomic E-state index is 0.185. The molecule has 2 heterocycles. The second-order valence-corrected chi connectivity index (χ2v) is 6.80. The van der Waals surface area contributed by atoms with E-state index in [9.17, 15) is 4.79 Å². The third kappa shape index (κ3) is 5.51. The normalized spacial score (nSPS) is 17.0. The van der Waals surface area contributed by atoms with Gasteiger partial charge in [-0.1, -0.05) is 12.1 Å². The van der Waals surface area contributed by atoms with E-state index >= 15 is 0 Å². The maximum absolute atomic E-state index is 12.0. The van der Waals surface area contributed by atoms with Crippen LogP contribution in [0, 0.1) is 5.92 Å². The molecule has 4 nitrogen and oxygen atoms in total. The molecule has 0 aliphatic carbocycles. The highest BCUT2D eigenvalue weighted by Crippen LogP contribution is 2.22. The Labute approximate surface area is 133 Å². The molecule has 0 aromatic carbocycles. The van der Waals surface area contributed by atoms with Crippen molar-refractivity contribution in [2.75, 3.05) is 13.1 Å². The van der Waals surface area contributed by atoms with Crippen molar-refractivity contribution in [2.45, 2.75) is 45.6 Å². The second kappa shape index (κ2) is 7.43. The maximum Gasteiger partial charge on any atom is 0.410 e. The topological polar surface area (TPSA) is 42.4 Å². The molecule has 0 spiro atoms. The van der Waals surface area contributed by atoms with Crippen LogP contribution in [0.1, 0.15) is 45.7 Å².